The van der Waals surface area contributed by atoms with Crippen LogP contribution in [0.3, 0.4) is 0 Å². The van der Waals surface area contributed by atoms with E-state index in [0.717, 1.165) is 25.7 Å². The lowest BCUT2D eigenvalue weighted by atomic mass is 9.53. The number of fused-ring (bicyclic) bond motifs is 3. The number of rotatable bonds is 3. The van der Waals surface area contributed by atoms with Crippen molar-refractivity contribution in [2.45, 2.75) is 64.1 Å². The molecule has 3 aliphatic carbocycles. The lowest BCUT2D eigenvalue weighted by Gasteiger charge is -2.52. The van der Waals surface area contributed by atoms with Gasteiger partial charge in [0.1, 0.15) is 5.78 Å². The largest absolute Gasteiger partial charge is 0.481 e. The molecule has 0 spiro atoms. The second-order valence-corrected chi connectivity index (χ2v) is 7.74. The molecule has 3 N–H and O–H groups in total. The standard InChI is InChI=1S/C17H26O5/c1-17-7-6-10-9(11(17)3-5-14(17)20)2-4-12(18)16(10)13(19)8-15(21)22/h9-13,16,18-19H,2-8H2,1H3,(H,21,22)/t9?,10?,11?,12-,13?,16+,17?/m0/s1. The third-order valence-electron chi connectivity index (χ3n) is 6.76. The number of hydrogen-bond acceptors (Lipinski definition) is 4. The van der Waals surface area contributed by atoms with Crippen molar-refractivity contribution in [2.75, 3.05) is 0 Å². The van der Waals surface area contributed by atoms with E-state index in [9.17, 15) is 19.8 Å². The minimum atomic E-state index is -1.03. The average molecular weight is 310 g/mol. The van der Waals surface area contributed by atoms with Gasteiger partial charge in [-0.25, -0.2) is 0 Å². The Kier molecular flexibility index (Phi) is 4.06. The smallest absolute Gasteiger partial charge is 0.305 e. The molecule has 3 fully saturated rings. The minimum absolute atomic E-state index is 0.141. The van der Waals surface area contributed by atoms with Crippen molar-refractivity contribution in [1.82, 2.24) is 0 Å². The Labute approximate surface area is 130 Å². The lowest BCUT2D eigenvalue weighted by Crippen LogP contribution is -2.52. The summed E-state index contributed by atoms with van der Waals surface area (Å²) in [6, 6.07) is 0. The summed E-state index contributed by atoms with van der Waals surface area (Å²) in [5.74, 6) is -0.215. The predicted molar refractivity (Wildman–Crippen MR) is 79.0 cm³/mol. The number of aliphatic hydroxyl groups is 2. The normalized spacial score (nSPS) is 46.0. The minimum Gasteiger partial charge on any atom is -0.481 e. The monoisotopic (exact) mass is 310 g/mol. The molecule has 5 unspecified atom stereocenters. The number of hydrogen-bond donors (Lipinski definition) is 3. The number of carbonyl (C=O) groups is 2. The van der Waals surface area contributed by atoms with Gasteiger partial charge in [0, 0.05) is 17.8 Å². The Morgan fingerprint density at radius 2 is 2.00 bits per heavy atom. The van der Waals surface area contributed by atoms with E-state index in [1.807, 2.05) is 0 Å². The number of Topliss-reactive ketones (excluding diaryl/α,β-unsaturated/α-hetero) is 1. The second-order valence-electron chi connectivity index (χ2n) is 7.74. The molecule has 0 aliphatic heterocycles. The topological polar surface area (TPSA) is 94.8 Å². The van der Waals surface area contributed by atoms with E-state index in [0.29, 0.717) is 30.5 Å². The van der Waals surface area contributed by atoms with Gasteiger partial charge in [-0.1, -0.05) is 6.92 Å². The number of carboxylic acid groups (broad SMARTS) is 1. The maximum absolute atomic E-state index is 12.3. The quantitative estimate of drug-likeness (QED) is 0.736. The number of aliphatic hydroxyl groups excluding tert-OH is 2. The van der Waals surface area contributed by atoms with E-state index >= 15 is 0 Å². The fraction of sp³-hybridized carbons (Fsp3) is 0.882. The molecular weight excluding hydrogens is 284 g/mol. The van der Waals surface area contributed by atoms with Crippen LogP contribution >= 0.6 is 0 Å². The van der Waals surface area contributed by atoms with Gasteiger partial charge in [-0.2, -0.15) is 0 Å². The zero-order chi connectivity index (χ0) is 16.1. The summed E-state index contributed by atoms with van der Waals surface area (Å²) in [6.45, 7) is 2.08. The molecule has 22 heavy (non-hydrogen) atoms. The molecule has 0 radical (unpaired) electrons. The summed E-state index contributed by atoms with van der Waals surface area (Å²) in [6.07, 6.45) is 2.72. The van der Waals surface area contributed by atoms with Crippen molar-refractivity contribution >= 4 is 11.8 Å². The molecule has 3 saturated carbocycles. The van der Waals surface area contributed by atoms with E-state index in [4.69, 9.17) is 5.11 Å². The van der Waals surface area contributed by atoms with Crippen LogP contribution in [0.15, 0.2) is 0 Å². The van der Waals surface area contributed by atoms with Gasteiger partial charge in [-0.15, -0.1) is 0 Å². The Hall–Kier alpha value is -0.940. The zero-order valence-electron chi connectivity index (χ0n) is 13.1. The van der Waals surface area contributed by atoms with Gasteiger partial charge in [-0.3, -0.25) is 9.59 Å². The van der Waals surface area contributed by atoms with Crippen LogP contribution in [0, 0.1) is 29.1 Å². The molecule has 7 atom stereocenters. The number of ketones is 1. The fourth-order valence-electron chi connectivity index (χ4n) is 5.68. The van der Waals surface area contributed by atoms with Crippen LogP contribution in [0.5, 0.6) is 0 Å². The van der Waals surface area contributed by atoms with Gasteiger partial charge in [0.05, 0.1) is 18.6 Å². The Morgan fingerprint density at radius 3 is 2.68 bits per heavy atom. The average Bonchev–Trinajstić information content (AvgIpc) is 2.74. The van der Waals surface area contributed by atoms with E-state index in [1.165, 1.54) is 0 Å². The summed E-state index contributed by atoms with van der Waals surface area (Å²) >= 11 is 0. The second kappa shape index (κ2) is 5.60. The van der Waals surface area contributed by atoms with Crippen molar-refractivity contribution in [3.05, 3.63) is 0 Å². The van der Waals surface area contributed by atoms with Crippen molar-refractivity contribution in [3.8, 4) is 0 Å². The molecule has 0 heterocycles. The van der Waals surface area contributed by atoms with Gasteiger partial charge < -0.3 is 15.3 Å². The third kappa shape index (κ3) is 2.38. The molecule has 0 amide bonds. The first kappa shape index (κ1) is 15.9. The Bertz CT molecular complexity index is 476. The van der Waals surface area contributed by atoms with Gasteiger partial charge in [0.25, 0.3) is 0 Å². The first-order valence-electron chi connectivity index (χ1n) is 8.46. The van der Waals surface area contributed by atoms with Crippen LogP contribution in [-0.4, -0.2) is 39.3 Å². The first-order valence-corrected chi connectivity index (χ1v) is 8.46. The first-order chi connectivity index (χ1) is 10.3. The van der Waals surface area contributed by atoms with Crippen molar-refractivity contribution in [2.24, 2.45) is 29.1 Å². The maximum Gasteiger partial charge on any atom is 0.305 e. The molecule has 0 aromatic heterocycles. The summed E-state index contributed by atoms with van der Waals surface area (Å²) in [4.78, 5) is 23.2. The van der Waals surface area contributed by atoms with Crippen molar-refractivity contribution in [3.63, 3.8) is 0 Å². The SMILES string of the molecule is CC12CCC3C(CC[C@H](O)[C@@H]3C(O)CC(=O)O)C1CCC2=O. The van der Waals surface area contributed by atoms with Gasteiger partial charge in [0.2, 0.25) is 0 Å². The Balaban J connectivity index is 1.83. The molecular formula is C17H26O5. The van der Waals surface area contributed by atoms with Crippen LogP contribution in [0.2, 0.25) is 0 Å². The highest BCUT2D eigenvalue weighted by Crippen LogP contribution is 2.59. The number of carbonyl (C=O) groups excluding carboxylic acids is 1. The Morgan fingerprint density at radius 1 is 1.27 bits per heavy atom. The highest BCUT2D eigenvalue weighted by molar-refractivity contribution is 5.87. The van der Waals surface area contributed by atoms with Crippen LogP contribution in [0.25, 0.3) is 0 Å². The molecule has 5 heteroatoms. The summed E-state index contributed by atoms with van der Waals surface area (Å²) in [5, 5.41) is 29.6. The molecule has 5 nitrogen and oxygen atoms in total. The maximum atomic E-state index is 12.3. The predicted octanol–water partition coefficient (Wildman–Crippen LogP) is 1.60. The molecule has 0 aromatic carbocycles. The van der Waals surface area contributed by atoms with Gasteiger partial charge in [0.15, 0.2) is 0 Å². The summed E-state index contributed by atoms with van der Waals surface area (Å²) in [5.41, 5.74) is -0.230. The van der Waals surface area contributed by atoms with E-state index in [2.05, 4.69) is 6.92 Å². The molecule has 0 bridgehead atoms. The van der Waals surface area contributed by atoms with Crippen LogP contribution < -0.4 is 0 Å². The zero-order valence-corrected chi connectivity index (χ0v) is 13.1. The molecule has 3 aliphatic rings. The summed E-state index contributed by atoms with van der Waals surface area (Å²) in [7, 11) is 0. The van der Waals surface area contributed by atoms with Crippen molar-refractivity contribution < 1.29 is 24.9 Å². The van der Waals surface area contributed by atoms with Crippen LogP contribution in [-0.2, 0) is 9.59 Å². The van der Waals surface area contributed by atoms with Crippen molar-refractivity contribution in [1.29, 1.82) is 0 Å². The van der Waals surface area contributed by atoms with Gasteiger partial charge in [-0.05, 0) is 49.9 Å². The fourth-order valence-corrected chi connectivity index (χ4v) is 5.68. The molecule has 0 aromatic rings. The molecule has 124 valence electrons. The summed E-state index contributed by atoms with van der Waals surface area (Å²) < 4.78 is 0. The molecule has 3 rings (SSSR count). The van der Waals surface area contributed by atoms with E-state index < -0.39 is 18.2 Å². The molecule has 0 saturated heterocycles. The number of aliphatic carboxylic acids is 1. The van der Waals surface area contributed by atoms with E-state index in [1.54, 1.807) is 0 Å². The van der Waals surface area contributed by atoms with Gasteiger partial charge >= 0.3 is 5.97 Å². The third-order valence-corrected chi connectivity index (χ3v) is 6.76. The van der Waals surface area contributed by atoms with Crippen LogP contribution in [0.4, 0.5) is 0 Å². The highest BCUT2D eigenvalue weighted by atomic mass is 16.4. The van der Waals surface area contributed by atoms with Crippen LogP contribution in [0.1, 0.15) is 51.9 Å². The highest BCUT2D eigenvalue weighted by Gasteiger charge is 2.57. The lowest BCUT2D eigenvalue weighted by molar-refractivity contribution is -0.147. The van der Waals surface area contributed by atoms with E-state index in [-0.39, 0.29) is 23.7 Å². The number of carboxylic acids is 1.